The minimum atomic E-state index is -3.26. The summed E-state index contributed by atoms with van der Waals surface area (Å²) in [6, 6.07) is 1.49. The molecule has 1 aliphatic heterocycles. The molecule has 0 saturated carbocycles. The Bertz CT molecular complexity index is 595. The van der Waals surface area contributed by atoms with Gasteiger partial charge in [-0.3, -0.25) is 4.90 Å². The molecule has 1 unspecified atom stereocenters. The Labute approximate surface area is 124 Å². The van der Waals surface area contributed by atoms with Crippen LogP contribution in [0.5, 0.6) is 0 Å². The fourth-order valence-corrected chi connectivity index (χ4v) is 3.62. The first-order valence-electron chi connectivity index (χ1n) is 6.77. The van der Waals surface area contributed by atoms with E-state index in [0.717, 1.165) is 19.4 Å². The van der Waals surface area contributed by atoms with Crippen LogP contribution in [0.25, 0.3) is 0 Å². The van der Waals surface area contributed by atoms with Gasteiger partial charge in [0.2, 0.25) is 10.0 Å². The van der Waals surface area contributed by atoms with Crippen molar-refractivity contribution in [1.82, 2.24) is 9.62 Å². The van der Waals surface area contributed by atoms with Gasteiger partial charge in [0.1, 0.15) is 11.3 Å². The molecule has 1 aliphatic rings. The highest BCUT2D eigenvalue weighted by Gasteiger charge is 2.30. The molecule has 1 aromatic heterocycles. The number of hydrogen-bond donors (Lipinski definition) is 1. The van der Waals surface area contributed by atoms with Gasteiger partial charge < -0.3 is 9.15 Å². The second-order valence-corrected chi connectivity index (χ2v) is 6.97. The van der Waals surface area contributed by atoms with Gasteiger partial charge in [-0.15, -0.1) is 0 Å². The number of rotatable bonds is 6. The first kappa shape index (κ1) is 16.0. The number of likely N-dealkylation sites (tertiary alicyclic amines) is 1. The molecule has 0 bridgehead atoms. The molecule has 0 amide bonds. The van der Waals surface area contributed by atoms with Crippen LogP contribution in [-0.4, -0.2) is 51.8 Å². The molecule has 21 heavy (non-hydrogen) atoms. The van der Waals surface area contributed by atoms with Gasteiger partial charge in [-0.25, -0.2) is 17.9 Å². The summed E-state index contributed by atoms with van der Waals surface area (Å²) in [5.41, 5.74) is 0.389. The van der Waals surface area contributed by atoms with Crippen molar-refractivity contribution in [2.24, 2.45) is 0 Å². The minimum Gasteiger partial charge on any atom is -0.467 e. The van der Waals surface area contributed by atoms with Crippen LogP contribution in [0.2, 0.25) is 0 Å². The molecule has 2 rings (SSSR count). The Kier molecular flexibility index (Phi) is 5.02. The SMILES string of the molecule is CNS(=O)(=O)CC1CCCN1Cc1occc1C(=O)OC. The Morgan fingerprint density at radius 3 is 3.00 bits per heavy atom. The van der Waals surface area contributed by atoms with E-state index in [0.29, 0.717) is 17.9 Å². The predicted molar refractivity (Wildman–Crippen MR) is 76.3 cm³/mol. The third-order valence-electron chi connectivity index (χ3n) is 3.72. The molecule has 0 aromatic carbocycles. The highest BCUT2D eigenvalue weighted by Crippen LogP contribution is 2.23. The van der Waals surface area contributed by atoms with E-state index in [1.165, 1.54) is 20.4 Å². The van der Waals surface area contributed by atoms with Crippen LogP contribution in [0.15, 0.2) is 16.7 Å². The number of ether oxygens (including phenoxy) is 1. The fraction of sp³-hybridized carbons (Fsp3) is 0.615. The van der Waals surface area contributed by atoms with Crippen LogP contribution in [0.3, 0.4) is 0 Å². The van der Waals surface area contributed by atoms with Gasteiger partial charge in [0, 0.05) is 6.04 Å². The highest BCUT2D eigenvalue weighted by atomic mass is 32.2. The number of carbonyl (C=O) groups excluding carboxylic acids is 1. The van der Waals surface area contributed by atoms with Gasteiger partial charge in [0.25, 0.3) is 0 Å². The maximum atomic E-state index is 11.7. The van der Waals surface area contributed by atoms with Crippen molar-refractivity contribution in [2.45, 2.75) is 25.4 Å². The van der Waals surface area contributed by atoms with Crippen LogP contribution >= 0.6 is 0 Å². The highest BCUT2D eigenvalue weighted by molar-refractivity contribution is 7.89. The van der Waals surface area contributed by atoms with Crippen LogP contribution in [0.1, 0.15) is 29.0 Å². The Morgan fingerprint density at radius 2 is 2.33 bits per heavy atom. The quantitative estimate of drug-likeness (QED) is 0.772. The number of sulfonamides is 1. The average molecular weight is 316 g/mol. The second-order valence-electron chi connectivity index (χ2n) is 5.00. The van der Waals surface area contributed by atoms with E-state index < -0.39 is 16.0 Å². The van der Waals surface area contributed by atoms with E-state index in [1.54, 1.807) is 6.07 Å². The maximum Gasteiger partial charge on any atom is 0.341 e. The zero-order chi connectivity index (χ0) is 15.5. The standard InChI is InChI=1S/C13H20N2O5S/c1-14-21(17,18)9-10-4-3-6-15(10)8-12-11(5-7-20-12)13(16)19-2/h5,7,10,14H,3-4,6,8-9H2,1-2H3. The van der Waals surface area contributed by atoms with E-state index in [9.17, 15) is 13.2 Å². The first-order valence-corrected chi connectivity index (χ1v) is 8.42. The van der Waals surface area contributed by atoms with Crippen molar-refractivity contribution >= 4 is 16.0 Å². The molecule has 118 valence electrons. The number of nitrogens with one attached hydrogen (secondary N) is 1. The number of methoxy groups -OCH3 is 1. The van der Waals surface area contributed by atoms with Crippen LogP contribution < -0.4 is 4.72 Å². The van der Waals surface area contributed by atoms with Gasteiger partial charge in [0.05, 0.1) is 25.7 Å². The van der Waals surface area contributed by atoms with E-state index in [-0.39, 0.29) is 11.8 Å². The lowest BCUT2D eigenvalue weighted by molar-refractivity contribution is 0.0596. The fourth-order valence-electron chi connectivity index (χ4n) is 2.57. The van der Waals surface area contributed by atoms with E-state index in [1.807, 2.05) is 4.90 Å². The molecule has 7 nitrogen and oxygen atoms in total. The number of carbonyl (C=O) groups is 1. The lowest BCUT2D eigenvalue weighted by Gasteiger charge is -2.23. The molecule has 0 spiro atoms. The summed E-state index contributed by atoms with van der Waals surface area (Å²) >= 11 is 0. The normalized spacial score (nSPS) is 19.8. The molecule has 1 saturated heterocycles. The summed E-state index contributed by atoms with van der Waals surface area (Å²) in [6.45, 7) is 1.19. The van der Waals surface area contributed by atoms with E-state index >= 15 is 0 Å². The van der Waals surface area contributed by atoms with Crippen molar-refractivity contribution in [3.63, 3.8) is 0 Å². The van der Waals surface area contributed by atoms with Gasteiger partial charge in [-0.1, -0.05) is 0 Å². The van der Waals surface area contributed by atoms with Gasteiger partial charge in [-0.2, -0.15) is 0 Å². The largest absolute Gasteiger partial charge is 0.467 e. The number of nitrogens with zero attached hydrogens (tertiary/aromatic N) is 1. The zero-order valence-electron chi connectivity index (χ0n) is 12.2. The van der Waals surface area contributed by atoms with Crippen LogP contribution in [0.4, 0.5) is 0 Å². The Balaban J connectivity index is 2.08. The van der Waals surface area contributed by atoms with E-state index in [4.69, 9.17) is 9.15 Å². The van der Waals surface area contributed by atoms with Gasteiger partial charge in [0.15, 0.2) is 0 Å². The molecule has 1 atom stereocenters. The smallest absolute Gasteiger partial charge is 0.341 e. The average Bonchev–Trinajstić information content (AvgIpc) is 3.08. The van der Waals surface area contributed by atoms with E-state index in [2.05, 4.69) is 4.72 Å². The minimum absolute atomic E-state index is 0.0533. The molecule has 0 aliphatic carbocycles. The number of esters is 1. The zero-order valence-corrected chi connectivity index (χ0v) is 13.0. The first-order chi connectivity index (χ1) is 9.96. The molecule has 8 heteroatoms. The lowest BCUT2D eigenvalue weighted by Crippen LogP contribution is -2.38. The summed E-state index contributed by atoms with van der Waals surface area (Å²) in [4.78, 5) is 13.6. The Morgan fingerprint density at radius 1 is 1.57 bits per heavy atom. The van der Waals surface area contributed by atoms with Crippen LogP contribution in [0, 0.1) is 0 Å². The lowest BCUT2D eigenvalue weighted by atomic mass is 10.2. The third kappa shape index (κ3) is 3.84. The maximum absolute atomic E-state index is 11.7. The van der Waals surface area contributed by atoms with Gasteiger partial charge in [-0.05, 0) is 32.5 Å². The summed E-state index contributed by atoms with van der Waals surface area (Å²) in [5.74, 6) is 0.116. The topological polar surface area (TPSA) is 88.9 Å². The van der Waals surface area contributed by atoms with Crippen molar-refractivity contribution in [3.05, 3.63) is 23.7 Å². The van der Waals surface area contributed by atoms with Crippen molar-refractivity contribution < 1.29 is 22.4 Å². The molecule has 1 aromatic rings. The van der Waals surface area contributed by atoms with Crippen molar-refractivity contribution in [3.8, 4) is 0 Å². The summed E-state index contributed by atoms with van der Waals surface area (Å²) in [6.07, 6.45) is 3.18. The molecule has 0 radical (unpaired) electrons. The number of furan rings is 1. The molecular formula is C13H20N2O5S. The molecule has 1 fully saturated rings. The van der Waals surface area contributed by atoms with Crippen LogP contribution in [-0.2, 0) is 21.3 Å². The Hall–Kier alpha value is -1.38. The molecular weight excluding hydrogens is 296 g/mol. The van der Waals surface area contributed by atoms with Crippen molar-refractivity contribution in [1.29, 1.82) is 0 Å². The third-order valence-corrected chi connectivity index (χ3v) is 5.16. The molecule has 1 N–H and O–H groups in total. The summed E-state index contributed by atoms with van der Waals surface area (Å²) < 4.78 is 35.8. The summed E-state index contributed by atoms with van der Waals surface area (Å²) in [7, 11) is -0.530. The van der Waals surface area contributed by atoms with Gasteiger partial charge >= 0.3 is 5.97 Å². The number of hydrogen-bond acceptors (Lipinski definition) is 6. The van der Waals surface area contributed by atoms with Crippen molar-refractivity contribution in [2.75, 3.05) is 26.5 Å². The molecule has 2 heterocycles. The monoisotopic (exact) mass is 316 g/mol. The predicted octanol–water partition coefficient (Wildman–Crippen LogP) is 0.580. The second kappa shape index (κ2) is 6.59. The summed E-state index contributed by atoms with van der Waals surface area (Å²) in [5, 5.41) is 0.